The molecule has 1 fully saturated rings. The number of oxazole rings is 1. The van der Waals surface area contributed by atoms with Crippen molar-refractivity contribution in [2.45, 2.75) is 32.8 Å². The Hall–Kier alpha value is -2.49. The van der Waals surface area contributed by atoms with E-state index in [4.69, 9.17) is 9.15 Å². The zero-order valence-electron chi connectivity index (χ0n) is 14.2. The second kappa shape index (κ2) is 6.19. The Morgan fingerprint density at radius 1 is 1.04 bits per heavy atom. The molecule has 4 rings (SSSR count). The zero-order chi connectivity index (χ0) is 16.5. The fourth-order valence-electron chi connectivity index (χ4n) is 3.14. The van der Waals surface area contributed by atoms with E-state index in [0.29, 0.717) is 0 Å². The van der Waals surface area contributed by atoms with Crippen LogP contribution in [-0.4, -0.2) is 24.2 Å². The molecule has 0 spiro atoms. The Bertz CT molecular complexity index is 815. The van der Waals surface area contributed by atoms with E-state index in [9.17, 15) is 0 Å². The molecule has 0 saturated carbocycles. The van der Waals surface area contributed by atoms with E-state index in [1.165, 1.54) is 11.1 Å². The highest BCUT2D eigenvalue weighted by Crippen LogP contribution is 2.26. The molecule has 1 aromatic heterocycles. The first-order valence-electron chi connectivity index (χ1n) is 8.53. The van der Waals surface area contributed by atoms with Crippen molar-refractivity contribution in [3.63, 3.8) is 0 Å². The third-order valence-electron chi connectivity index (χ3n) is 4.78. The monoisotopic (exact) mass is 322 g/mol. The molecule has 4 nitrogen and oxygen atoms in total. The maximum atomic E-state index is 6.16. The van der Waals surface area contributed by atoms with Crippen molar-refractivity contribution < 1.29 is 9.15 Å². The van der Waals surface area contributed by atoms with Crippen molar-refractivity contribution in [1.29, 1.82) is 0 Å². The lowest BCUT2D eigenvalue weighted by Gasteiger charge is -2.31. The molecular weight excluding hydrogens is 300 g/mol. The molecule has 24 heavy (non-hydrogen) atoms. The number of hydrogen-bond acceptors (Lipinski definition) is 4. The number of para-hydroxylation sites is 2. The van der Waals surface area contributed by atoms with Gasteiger partial charge in [0.1, 0.15) is 17.4 Å². The molecule has 0 radical (unpaired) electrons. The van der Waals surface area contributed by atoms with Gasteiger partial charge in [-0.05, 0) is 49.2 Å². The number of benzene rings is 2. The number of piperidine rings is 1. The zero-order valence-corrected chi connectivity index (χ0v) is 14.2. The van der Waals surface area contributed by atoms with Gasteiger partial charge in [-0.2, -0.15) is 4.98 Å². The molecule has 124 valence electrons. The summed E-state index contributed by atoms with van der Waals surface area (Å²) in [4.78, 5) is 6.79. The Morgan fingerprint density at radius 2 is 1.83 bits per heavy atom. The molecule has 0 N–H and O–H groups in total. The third kappa shape index (κ3) is 2.96. The van der Waals surface area contributed by atoms with Gasteiger partial charge in [-0.3, -0.25) is 0 Å². The summed E-state index contributed by atoms with van der Waals surface area (Å²) in [7, 11) is 0. The first-order chi connectivity index (χ1) is 11.7. The summed E-state index contributed by atoms with van der Waals surface area (Å²) in [5.74, 6) is 0.971. The summed E-state index contributed by atoms with van der Waals surface area (Å²) in [6.07, 6.45) is 2.21. The predicted molar refractivity (Wildman–Crippen MR) is 95.8 cm³/mol. The minimum atomic E-state index is 0.257. The topological polar surface area (TPSA) is 38.5 Å². The lowest BCUT2D eigenvalue weighted by Crippen LogP contribution is -2.38. The van der Waals surface area contributed by atoms with Crippen LogP contribution in [0.2, 0.25) is 0 Å². The van der Waals surface area contributed by atoms with E-state index >= 15 is 0 Å². The second-order valence-corrected chi connectivity index (χ2v) is 6.51. The van der Waals surface area contributed by atoms with E-state index in [0.717, 1.165) is 48.8 Å². The summed E-state index contributed by atoms with van der Waals surface area (Å²) < 4.78 is 12.0. The van der Waals surface area contributed by atoms with E-state index in [1.54, 1.807) is 0 Å². The van der Waals surface area contributed by atoms with Crippen molar-refractivity contribution in [3.8, 4) is 5.75 Å². The number of ether oxygens (including phenoxy) is 1. The van der Waals surface area contributed by atoms with Crippen LogP contribution in [0.15, 0.2) is 46.9 Å². The van der Waals surface area contributed by atoms with Gasteiger partial charge in [-0.25, -0.2) is 0 Å². The number of fused-ring (bicyclic) bond motifs is 1. The summed E-state index contributed by atoms with van der Waals surface area (Å²) in [6.45, 7) is 6.06. The predicted octanol–water partition coefficient (Wildman–Crippen LogP) is 4.49. The van der Waals surface area contributed by atoms with Crippen LogP contribution in [0, 0.1) is 13.8 Å². The minimum absolute atomic E-state index is 0.257. The smallest absolute Gasteiger partial charge is 0.298 e. The van der Waals surface area contributed by atoms with Crippen molar-refractivity contribution in [3.05, 3.63) is 53.6 Å². The number of aryl methyl sites for hydroxylation is 2. The van der Waals surface area contributed by atoms with Gasteiger partial charge in [-0.15, -0.1) is 0 Å². The van der Waals surface area contributed by atoms with Gasteiger partial charge < -0.3 is 14.1 Å². The van der Waals surface area contributed by atoms with E-state index in [-0.39, 0.29) is 6.10 Å². The Morgan fingerprint density at radius 3 is 2.58 bits per heavy atom. The first-order valence-corrected chi connectivity index (χ1v) is 8.53. The molecule has 0 atom stereocenters. The second-order valence-electron chi connectivity index (χ2n) is 6.51. The fraction of sp³-hybridized carbons (Fsp3) is 0.350. The molecule has 1 aliphatic heterocycles. The van der Waals surface area contributed by atoms with Crippen LogP contribution in [0.25, 0.3) is 11.1 Å². The highest BCUT2D eigenvalue weighted by atomic mass is 16.5. The Labute approximate surface area is 142 Å². The maximum Gasteiger partial charge on any atom is 0.298 e. The summed E-state index contributed by atoms with van der Waals surface area (Å²) in [6, 6.07) is 14.9. The van der Waals surface area contributed by atoms with E-state index < -0.39 is 0 Å². The number of aromatic nitrogens is 1. The van der Waals surface area contributed by atoms with E-state index in [1.807, 2.05) is 24.3 Å². The van der Waals surface area contributed by atoms with Gasteiger partial charge in [0.2, 0.25) is 0 Å². The molecule has 2 aromatic carbocycles. The number of nitrogens with zero attached hydrogens (tertiary/aromatic N) is 2. The van der Waals surface area contributed by atoms with Crippen LogP contribution in [0.5, 0.6) is 5.75 Å². The number of rotatable bonds is 3. The highest BCUT2D eigenvalue weighted by molar-refractivity contribution is 5.74. The number of anilines is 1. The molecule has 3 aromatic rings. The van der Waals surface area contributed by atoms with Gasteiger partial charge >= 0.3 is 0 Å². The van der Waals surface area contributed by atoms with Crippen molar-refractivity contribution in [2.75, 3.05) is 18.0 Å². The fourth-order valence-corrected chi connectivity index (χ4v) is 3.14. The lowest BCUT2D eigenvalue weighted by atomic mass is 10.1. The highest BCUT2D eigenvalue weighted by Gasteiger charge is 2.23. The van der Waals surface area contributed by atoms with Crippen LogP contribution in [-0.2, 0) is 0 Å². The molecule has 2 heterocycles. The van der Waals surface area contributed by atoms with Crippen LogP contribution in [0.1, 0.15) is 24.0 Å². The summed E-state index contributed by atoms with van der Waals surface area (Å²) in [5.41, 5.74) is 4.34. The van der Waals surface area contributed by atoms with Gasteiger partial charge in [-0.1, -0.05) is 18.2 Å². The largest absolute Gasteiger partial charge is 0.490 e. The third-order valence-corrected chi connectivity index (χ3v) is 4.78. The molecule has 0 aliphatic carbocycles. The normalized spacial score (nSPS) is 15.8. The van der Waals surface area contributed by atoms with Crippen LogP contribution in [0.4, 0.5) is 6.01 Å². The Balaban J connectivity index is 1.40. The molecular formula is C20H22N2O2. The van der Waals surface area contributed by atoms with Gasteiger partial charge in [0.25, 0.3) is 6.01 Å². The van der Waals surface area contributed by atoms with Crippen LogP contribution >= 0.6 is 0 Å². The van der Waals surface area contributed by atoms with Gasteiger partial charge in [0, 0.05) is 25.9 Å². The molecule has 1 aliphatic rings. The molecule has 0 amide bonds. The molecule has 1 saturated heterocycles. The lowest BCUT2D eigenvalue weighted by molar-refractivity contribution is 0.169. The van der Waals surface area contributed by atoms with Crippen molar-refractivity contribution in [2.24, 2.45) is 0 Å². The van der Waals surface area contributed by atoms with E-state index in [2.05, 4.69) is 41.9 Å². The van der Waals surface area contributed by atoms with Gasteiger partial charge in [0.15, 0.2) is 5.58 Å². The minimum Gasteiger partial charge on any atom is -0.490 e. The maximum absolute atomic E-state index is 6.16. The van der Waals surface area contributed by atoms with Crippen LogP contribution in [0.3, 0.4) is 0 Å². The van der Waals surface area contributed by atoms with Gasteiger partial charge in [0.05, 0.1) is 0 Å². The quantitative estimate of drug-likeness (QED) is 0.712. The average molecular weight is 322 g/mol. The Kier molecular flexibility index (Phi) is 3.89. The number of hydrogen-bond donors (Lipinski definition) is 0. The molecule has 0 bridgehead atoms. The molecule has 4 heteroatoms. The van der Waals surface area contributed by atoms with Crippen molar-refractivity contribution >= 4 is 17.1 Å². The first kappa shape index (κ1) is 15.1. The van der Waals surface area contributed by atoms with Crippen molar-refractivity contribution in [1.82, 2.24) is 4.98 Å². The summed E-state index contributed by atoms with van der Waals surface area (Å²) >= 11 is 0. The standard InChI is InChI=1S/C20H22N2O2/c1-14-7-8-17(13-15(14)2)23-16-9-11-22(12-10-16)20-21-18-5-3-4-6-19(18)24-20/h3-8,13,16H,9-12H2,1-2H3. The molecule has 0 unspecified atom stereocenters. The van der Waals surface area contributed by atoms with Crippen LogP contribution < -0.4 is 9.64 Å². The SMILES string of the molecule is Cc1ccc(OC2CCN(c3nc4ccccc4o3)CC2)cc1C. The summed E-state index contributed by atoms with van der Waals surface area (Å²) in [5, 5.41) is 0. The average Bonchev–Trinajstić information content (AvgIpc) is 3.03.